The van der Waals surface area contributed by atoms with Crippen LogP contribution in [0.4, 0.5) is 0 Å². The van der Waals surface area contributed by atoms with Crippen molar-refractivity contribution in [2.24, 2.45) is 0 Å². The van der Waals surface area contributed by atoms with Gasteiger partial charge in [0.25, 0.3) is 0 Å². The molecule has 0 aliphatic carbocycles. The highest BCUT2D eigenvalue weighted by atomic mass is 32.2. The molecule has 106 valence electrons. The molecule has 1 aromatic rings. The van der Waals surface area contributed by atoms with Gasteiger partial charge in [-0.2, -0.15) is 0 Å². The average molecular weight is 287 g/mol. The number of sulfonamides is 1. The largest absolute Gasteiger partial charge is 0.496 e. The maximum absolute atomic E-state index is 12.0. The number of aryl methyl sites for hydroxylation is 2. The van der Waals surface area contributed by atoms with E-state index in [1.165, 1.54) is 19.2 Å². The first-order valence-electron chi connectivity index (χ1n) is 5.64. The molecule has 1 rings (SSSR count). The van der Waals surface area contributed by atoms with Crippen molar-refractivity contribution in [2.75, 3.05) is 13.7 Å². The Morgan fingerprint density at radius 2 is 1.84 bits per heavy atom. The predicted molar refractivity (Wildman–Crippen MR) is 69.9 cm³/mol. The van der Waals surface area contributed by atoms with Gasteiger partial charge in [-0.3, -0.25) is 4.79 Å². The van der Waals surface area contributed by atoms with Gasteiger partial charge in [-0.05, 0) is 37.1 Å². The molecule has 0 bridgehead atoms. The van der Waals surface area contributed by atoms with Crippen molar-refractivity contribution in [3.8, 4) is 5.75 Å². The molecule has 6 nitrogen and oxygen atoms in total. The van der Waals surface area contributed by atoms with Crippen molar-refractivity contribution < 1.29 is 23.1 Å². The Morgan fingerprint density at radius 3 is 2.26 bits per heavy atom. The van der Waals surface area contributed by atoms with E-state index >= 15 is 0 Å². The Hall–Kier alpha value is -1.60. The summed E-state index contributed by atoms with van der Waals surface area (Å²) in [6, 6.07) is 2.99. The van der Waals surface area contributed by atoms with Gasteiger partial charge in [0, 0.05) is 6.54 Å². The quantitative estimate of drug-likeness (QED) is 0.816. The first kappa shape index (κ1) is 15.5. The van der Waals surface area contributed by atoms with E-state index in [0.717, 1.165) is 0 Å². The molecular weight excluding hydrogens is 270 g/mol. The van der Waals surface area contributed by atoms with Crippen molar-refractivity contribution in [1.29, 1.82) is 0 Å². The van der Waals surface area contributed by atoms with Crippen LogP contribution < -0.4 is 9.46 Å². The Bertz CT molecular complexity index is 557. The normalized spacial score (nSPS) is 11.3. The summed E-state index contributed by atoms with van der Waals surface area (Å²) in [6.45, 7) is 3.37. The Balaban J connectivity index is 2.99. The van der Waals surface area contributed by atoms with Crippen molar-refractivity contribution in [1.82, 2.24) is 4.72 Å². The molecule has 0 saturated heterocycles. The molecule has 0 spiro atoms. The monoisotopic (exact) mass is 287 g/mol. The van der Waals surface area contributed by atoms with Gasteiger partial charge in [-0.15, -0.1) is 0 Å². The van der Waals surface area contributed by atoms with Gasteiger partial charge in [-0.25, -0.2) is 13.1 Å². The predicted octanol–water partition coefficient (Wildman–Crippen LogP) is 1.07. The van der Waals surface area contributed by atoms with Crippen LogP contribution in [0.15, 0.2) is 17.0 Å². The second-order valence-electron chi connectivity index (χ2n) is 4.13. The van der Waals surface area contributed by atoms with Gasteiger partial charge >= 0.3 is 5.97 Å². The minimum atomic E-state index is -3.69. The fourth-order valence-electron chi connectivity index (χ4n) is 1.76. The fourth-order valence-corrected chi connectivity index (χ4v) is 2.96. The maximum Gasteiger partial charge on any atom is 0.304 e. The zero-order chi connectivity index (χ0) is 14.6. The average Bonchev–Trinajstić information content (AvgIpc) is 2.27. The summed E-state index contributed by atoms with van der Waals surface area (Å²) in [6.07, 6.45) is -0.257. The number of carboxylic acid groups (broad SMARTS) is 1. The van der Waals surface area contributed by atoms with E-state index in [0.29, 0.717) is 16.9 Å². The van der Waals surface area contributed by atoms with Crippen LogP contribution >= 0.6 is 0 Å². The summed E-state index contributed by atoms with van der Waals surface area (Å²) in [5.41, 5.74) is 1.42. The Labute approximate surface area is 112 Å². The lowest BCUT2D eigenvalue weighted by Crippen LogP contribution is -2.26. The number of carboxylic acids is 1. The van der Waals surface area contributed by atoms with E-state index in [-0.39, 0.29) is 17.9 Å². The van der Waals surface area contributed by atoms with Gasteiger partial charge in [0.2, 0.25) is 10.0 Å². The van der Waals surface area contributed by atoms with Crippen LogP contribution in [-0.4, -0.2) is 33.1 Å². The molecule has 1 aromatic carbocycles. The first-order chi connectivity index (χ1) is 8.77. The number of benzene rings is 1. The standard InChI is InChI=1S/C12H17NO5S/c1-8-6-10(7-9(2)12(8)18-3)19(16,17)13-5-4-11(14)15/h6-7,13H,4-5H2,1-3H3,(H,14,15). The van der Waals surface area contributed by atoms with Crippen molar-refractivity contribution in [2.45, 2.75) is 25.2 Å². The van der Waals surface area contributed by atoms with E-state index in [1.54, 1.807) is 13.8 Å². The molecule has 0 atom stereocenters. The van der Waals surface area contributed by atoms with Gasteiger partial charge in [0.1, 0.15) is 5.75 Å². The summed E-state index contributed by atoms with van der Waals surface area (Å²) in [5, 5.41) is 8.49. The van der Waals surface area contributed by atoms with E-state index in [9.17, 15) is 13.2 Å². The second kappa shape index (κ2) is 6.03. The van der Waals surface area contributed by atoms with Crippen molar-refractivity contribution in [3.63, 3.8) is 0 Å². The fraction of sp³-hybridized carbons (Fsp3) is 0.417. The first-order valence-corrected chi connectivity index (χ1v) is 7.13. The number of carbonyl (C=O) groups is 1. The molecule has 0 heterocycles. The number of ether oxygens (including phenoxy) is 1. The van der Waals surface area contributed by atoms with Gasteiger partial charge < -0.3 is 9.84 Å². The molecule has 7 heteroatoms. The lowest BCUT2D eigenvalue weighted by molar-refractivity contribution is -0.136. The van der Waals surface area contributed by atoms with Crippen molar-refractivity contribution >= 4 is 16.0 Å². The molecule has 0 unspecified atom stereocenters. The third-order valence-electron chi connectivity index (χ3n) is 2.58. The van der Waals surface area contributed by atoms with E-state index in [2.05, 4.69) is 4.72 Å². The van der Waals surface area contributed by atoms with Gasteiger partial charge in [0.05, 0.1) is 18.4 Å². The van der Waals surface area contributed by atoms with Crippen LogP contribution in [0.25, 0.3) is 0 Å². The second-order valence-corrected chi connectivity index (χ2v) is 5.90. The van der Waals surface area contributed by atoms with Crippen LogP contribution in [0.2, 0.25) is 0 Å². The highest BCUT2D eigenvalue weighted by molar-refractivity contribution is 7.89. The summed E-state index contributed by atoms with van der Waals surface area (Å²) in [5.74, 6) is -0.408. The highest BCUT2D eigenvalue weighted by Crippen LogP contribution is 2.26. The number of nitrogens with one attached hydrogen (secondary N) is 1. The number of aliphatic carboxylic acids is 1. The third-order valence-corrected chi connectivity index (χ3v) is 4.02. The lowest BCUT2D eigenvalue weighted by Gasteiger charge is -2.12. The molecule has 0 aliphatic rings. The van der Waals surface area contributed by atoms with Gasteiger partial charge in [-0.1, -0.05) is 0 Å². The van der Waals surface area contributed by atoms with Crippen molar-refractivity contribution in [3.05, 3.63) is 23.3 Å². The highest BCUT2D eigenvalue weighted by Gasteiger charge is 2.17. The molecule has 2 N–H and O–H groups in total. The van der Waals surface area contributed by atoms with Crippen LogP contribution in [0.3, 0.4) is 0 Å². The molecule has 0 radical (unpaired) electrons. The maximum atomic E-state index is 12.0. The van der Waals surface area contributed by atoms with E-state index in [1.807, 2.05) is 0 Å². The molecule has 0 aliphatic heterocycles. The topological polar surface area (TPSA) is 92.7 Å². The van der Waals surface area contributed by atoms with Crippen LogP contribution in [0.5, 0.6) is 5.75 Å². The molecular formula is C12H17NO5S. The van der Waals surface area contributed by atoms with Crippen LogP contribution in [0, 0.1) is 13.8 Å². The van der Waals surface area contributed by atoms with Crippen LogP contribution in [-0.2, 0) is 14.8 Å². The number of hydrogen-bond acceptors (Lipinski definition) is 4. The SMILES string of the molecule is COc1c(C)cc(S(=O)(=O)NCCC(=O)O)cc1C. The number of rotatable bonds is 6. The summed E-state index contributed by atoms with van der Waals surface area (Å²) in [7, 11) is -2.17. The molecule has 19 heavy (non-hydrogen) atoms. The summed E-state index contributed by atoms with van der Waals surface area (Å²) in [4.78, 5) is 10.5. The number of methoxy groups -OCH3 is 1. The summed E-state index contributed by atoms with van der Waals surface area (Å²) < 4.78 is 31.4. The summed E-state index contributed by atoms with van der Waals surface area (Å²) >= 11 is 0. The third kappa shape index (κ3) is 3.93. The molecule has 0 fully saturated rings. The Morgan fingerprint density at radius 1 is 1.32 bits per heavy atom. The van der Waals surface area contributed by atoms with E-state index in [4.69, 9.17) is 9.84 Å². The minimum absolute atomic E-state index is 0.105. The smallest absolute Gasteiger partial charge is 0.304 e. The number of hydrogen-bond donors (Lipinski definition) is 2. The van der Waals surface area contributed by atoms with Gasteiger partial charge in [0.15, 0.2) is 0 Å². The molecule has 0 aromatic heterocycles. The van der Waals surface area contributed by atoms with Crippen LogP contribution in [0.1, 0.15) is 17.5 Å². The zero-order valence-electron chi connectivity index (χ0n) is 11.1. The molecule has 0 saturated carbocycles. The lowest BCUT2D eigenvalue weighted by atomic mass is 10.1. The van der Waals surface area contributed by atoms with E-state index < -0.39 is 16.0 Å². The zero-order valence-corrected chi connectivity index (χ0v) is 11.9. The molecule has 0 amide bonds. The minimum Gasteiger partial charge on any atom is -0.496 e. The Kier molecular flexibility index (Phi) is 4.90.